The molecule has 2 bridgehead atoms. The van der Waals surface area contributed by atoms with Gasteiger partial charge in [-0.3, -0.25) is 14.4 Å². The fraction of sp³-hybridized carbons (Fsp3) is 0.343. The molecule has 12 nitrogen and oxygen atoms in total. The van der Waals surface area contributed by atoms with Gasteiger partial charge in [0, 0.05) is 74.4 Å². The third kappa shape index (κ3) is 5.86. The van der Waals surface area contributed by atoms with Gasteiger partial charge >= 0.3 is 11.7 Å². The van der Waals surface area contributed by atoms with Crippen molar-refractivity contribution < 1.29 is 23.5 Å². The molecule has 0 aliphatic carbocycles. The Hall–Kier alpha value is -5.39. The van der Waals surface area contributed by atoms with Gasteiger partial charge in [-0.1, -0.05) is 24.3 Å². The SMILES string of the molecule is CCOC(=O)N1CCN(C(=O)c2ccc(N3C[C@H]4C[C@@H](C3)c3cccc(=O)n3C4)c(NC(=O)c3cc4ccccc4oc3=O)c2)CC1. The topological polar surface area (TPSA) is 134 Å². The first-order valence-corrected chi connectivity index (χ1v) is 15.9. The maximum Gasteiger partial charge on any atom is 0.409 e. The summed E-state index contributed by atoms with van der Waals surface area (Å²) in [7, 11) is 0. The van der Waals surface area contributed by atoms with E-state index >= 15 is 0 Å². The Balaban J connectivity index is 1.20. The van der Waals surface area contributed by atoms with Crippen molar-refractivity contribution >= 4 is 40.3 Å². The second kappa shape index (κ2) is 12.4. The molecule has 0 saturated carbocycles. The Labute approximate surface area is 270 Å². The summed E-state index contributed by atoms with van der Waals surface area (Å²) >= 11 is 0. The van der Waals surface area contributed by atoms with Crippen LogP contribution in [0.2, 0.25) is 0 Å². The first-order chi connectivity index (χ1) is 22.8. The third-order valence-corrected chi connectivity index (χ3v) is 9.29. The number of fused-ring (bicyclic) bond motifs is 5. The molecule has 4 aromatic rings. The van der Waals surface area contributed by atoms with Crippen LogP contribution in [0.5, 0.6) is 0 Å². The standard InChI is InChI=1S/C35H35N5O7/c1-2-46-35(45)38-14-12-37(13-15-38)33(43)24-10-11-29(39-19-22-16-25(21-39)28-7-5-9-31(41)40(28)20-22)27(18-24)36-32(42)26-17-23-6-3-4-8-30(23)47-34(26)44/h3-11,17-18,22,25H,2,12-16,19-21H2,1H3,(H,36,42)/t22-,25+/m1/s1. The first-order valence-electron chi connectivity index (χ1n) is 15.9. The summed E-state index contributed by atoms with van der Waals surface area (Å²) < 4.78 is 12.4. The normalized spacial score (nSPS) is 18.9. The minimum Gasteiger partial charge on any atom is -0.450 e. The summed E-state index contributed by atoms with van der Waals surface area (Å²) in [5.41, 5.74) is 1.94. The highest BCUT2D eigenvalue weighted by atomic mass is 16.6. The number of rotatable bonds is 5. The molecule has 3 aliphatic rings. The average Bonchev–Trinajstić information content (AvgIpc) is 3.08. The molecule has 0 unspecified atom stereocenters. The van der Waals surface area contributed by atoms with Crippen LogP contribution < -0.4 is 21.4 Å². The van der Waals surface area contributed by atoms with Gasteiger partial charge in [0.25, 0.3) is 17.4 Å². The molecule has 2 saturated heterocycles. The molecule has 0 spiro atoms. The van der Waals surface area contributed by atoms with Crippen LogP contribution in [0.1, 0.15) is 45.7 Å². The van der Waals surface area contributed by atoms with Crippen molar-refractivity contribution in [2.24, 2.45) is 5.92 Å². The van der Waals surface area contributed by atoms with Gasteiger partial charge in [-0.05, 0) is 55.7 Å². The van der Waals surface area contributed by atoms with Crippen molar-refractivity contribution in [3.8, 4) is 0 Å². The summed E-state index contributed by atoms with van der Waals surface area (Å²) in [6.07, 6.45) is 0.555. The number of benzene rings is 2. The average molecular weight is 638 g/mol. The number of aromatic nitrogens is 1. The van der Waals surface area contributed by atoms with Gasteiger partial charge in [0.05, 0.1) is 18.0 Å². The van der Waals surface area contributed by atoms with E-state index in [9.17, 15) is 24.0 Å². The smallest absolute Gasteiger partial charge is 0.409 e. The zero-order valence-corrected chi connectivity index (χ0v) is 26.0. The third-order valence-electron chi connectivity index (χ3n) is 9.29. The van der Waals surface area contributed by atoms with E-state index in [0.717, 1.165) is 12.1 Å². The van der Waals surface area contributed by atoms with Gasteiger partial charge in [0.2, 0.25) is 0 Å². The summed E-state index contributed by atoms with van der Waals surface area (Å²) in [4.78, 5) is 70.4. The van der Waals surface area contributed by atoms with E-state index in [4.69, 9.17) is 9.15 Å². The lowest BCUT2D eigenvalue weighted by Crippen LogP contribution is -2.50. The number of nitrogens with one attached hydrogen (secondary N) is 1. The van der Waals surface area contributed by atoms with Crippen LogP contribution >= 0.6 is 0 Å². The van der Waals surface area contributed by atoms with E-state index in [0.29, 0.717) is 73.7 Å². The number of hydrogen-bond acceptors (Lipinski definition) is 8. The van der Waals surface area contributed by atoms with Gasteiger partial charge in [-0.15, -0.1) is 0 Å². The molecule has 242 valence electrons. The Morgan fingerprint density at radius 1 is 0.894 bits per heavy atom. The molecule has 2 aromatic heterocycles. The zero-order valence-electron chi connectivity index (χ0n) is 26.0. The summed E-state index contributed by atoms with van der Waals surface area (Å²) in [6.45, 7) is 5.29. The van der Waals surface area contributed by atoms with Crippen LogP contribution in [-0.2, 0) is 11.3 Å². The second-order valence-corrected chi connectivity index (χ2v) is 12.3. The fourth-order valence-electron chi connectivity index (χ4n) is 7.04. The number of nitrogens with zero attached hydrogens (tertiary/aromatic N) is 4. The van der Waals surface area contributed by atoms with Gasteiger partial charge in [0.1, 0.15) is 11.1 Å². The predicted octanol–water partition coefficient (Wildman–Crippen LogP) is 3.75. The minimum absolute atomic E-state index is 0.00114. The van der Waals surface area contributed by atoms with Crippen LogP contribution in [0.4, 0.5) is 16.2 Å². The molecule has 2 fully saturated rings. The lowest BCUT2D eigenvalue weighted by atomic mass is 9.83. The Morgan fingerprint density at radius 3 is 2.49 bits per heavy atom. The van der Waals surface area contributed by atoms with Crippen molar-refractivity contribution in [1.29, 1.82) is 0 Å². The molecule has 3 aliphatic heterocycles. The molecule has 5 heterocycles. The molecule has 7 rings (SSSR count). The van der Waals surface area contributed by atoms with E-state index in [-0.39, 0.29) is 35.5 Å². The molecule has 47 heavy (non-hydrogen) atoms. The number of anilines is 2. The number of carbonyl (C=O) groups excluding carboxylic acids is 3. The Bertz CT molecular complexity index is 1990. The van der Waals surface area contributed by atoms with Crippen molar-refractivity contribution in [2.75, 3.05) is 56.1 Å². The van der Waals surface area contributed by atoms with E-state index in [2.05, 4.69) is 10.2 Å². The fourth-order valence-corrected chi connectivity index (χ4v) is 7.04. The first kappa shape index (κ1) is 30.3. The number of carbonyl (C=O) groups is 3. The Kier molecular flexibility index (Phi) is 8.00. The monoisotopic (exact) mass is 637 g/mol. The molecule has 2 atom stereocenters. The summed E-state index contributed by atoms with van der Waals surface area (Å²) in [5, 5.41) is 3.53. The maximum atomic E-state index is 13.7. The molecular weight excluding hydrogens is 602 g/mol. The molecular formula is C35H35N5O7. The summed E-state index contributed by atoms with van der Waals surface area (Å²) in [6, 6.07) is 19.1. The van der Waals surface area contributed by atoms with Gasteiger partial charge in [-0.2, -0.15) is 0 Å². The molecule has 0 radical (unpaired) electrons. The molecule has 2 aromatic carbocycles. The number of piperidine rings is 1. The highest BCUT2D eigenvalue weighted by Crippen LogP contribution is 2.39. The summed E-state index contributed by atoms with van der Waals surface area (Å²) in [5.74, 6) is -0.545. The van der Waals surface area contributed by atoms with Crippen LogP contribution in [-0.4, -0.2) is 78.1 Å². The predicted molar refractivity (Wildman–Crippen MR) is 175 cm³/mol. The van der Waals surface area contributed by atoms with Crippen LogP contribution in [0.25, 0.3) is 11.0 Å². The van der Waals surface area contributed by atoms with E-state index < -0.39 is 17.6 Å². The number of hydrogen-bond donors (Lipinski definition) is 1. The van der Waals surface area contributed by atoms with Crippen molar-refractivity contribution in [3.63, 3.8) is 0 Å². The van der Waals surface area contributed by atoms with E-state index in [1.807, 2.05) is 16.7 Å². The number of para-hydroxylation sites is 1. The highest BCUT2D eigenvalue weighted by molar-refractivity contribution is 6.08. The molecule has 3 amide bonds. The highest BCUT2D eigenvalue weighted by Gasteiger charge is 2.36. The van der Waals surface area contributed by atoms with Crippen LogP contribution in [0.3, 0.4) is 0 Å². The van der Waals surface area contributed by atoms with E-state index in [1.54, 1.807) is 65.3 Å². The van der Waals surface area contributed by atoms with Gasteiger partial charge in [0.15, 0.2) is 0 Å². The van der Waals surface area contributed by atoms with Crippen LogP contribution in [0, 0.1) is 5.92 Å². The minimum atomic E-state index is -0.760. The maximum absolute atomic E-state index is 13.7. The Morgan fingerprint density at radius 2 is 1.68 bits per heavy atom. The van der Waals surface area contributed by atoms with Gasteiger partial charge in [-0.25, -0.2) is 9.59 Å². The van der Waals surface area contributed by atoms with Gasteiger partial charge < -0.3 is 33.7 Å². The quantitative estimate of drug-likeness (QED) is 0.327. The number of ether oxygens (including phenoxy) is 1. The van der Waals surface area contributed by atoms with Crippen molar-refractivity contribution in [1.82, 2.24) is 14.4 Å². The number of amides is 3. The molecule has 12 heteroatoms. The lowest BCUT2D eigenvalue weighted by Gasteiger charge is -2.44. The lowest BCUT2D eigenvalue weighted by molar-refractivity contribution is 0.0570. The largest absolute Gasteiger partial charge is 0.450 e. The zero-order chi connectivity index (χ0) is 32.7. The number of pyridine rings is 1. The molecule has 1 N–H and O–H groups in total. The van der Waals surface area contributed by atoms with E-state index in [1.165, 1.54) is 6.07 Å². The van der Waals surface area contributed by atoms with Crippen molar-refractivity contribution in [2.45, 2.75) is 25.8 Å². The van der Waals surface area contributed by atoms with Crippen LogP contribution in [0.15, 0.2) is 80.7 Å². The second-order valence-electron chi connectivity index (χ2n) is 12.3. The van der Waals surface area contributed by atoms with Crippen molar-refractivity contribution in [3.05, 3.63) is 104 Å². The number of piperazine rings is 1.